The number of amides is 2. The van der Waals surface area contributed by atoms with E-state index in [1.54, 1.807) is 78.9 Å². The molecule has 0 aliphatic heterocycles. The first-order valence-corrected chi connectivity index (χ1v) is 15.2. The first-order valence-electron chi connectivity index (χ1n) is 13.4. The van der Waals surface area contributed by atoms with Gasteiger partial charge in [-0.2, -0.15) is 5.10 Å². The Labute approximate surface area is 256 Å². The molecule has 0 aromatic heterocycles. The van der Waals surface area contributed by atoms with Crippen LogP contribution in [0.1, 0.15) is 30.9 Å². The van der Waals surface area contributed by atoms with E-state index >= 15 is 0 Å². The van der Waals surface area contributed by atoms with Crippen LogP contribution in [0.4, 0.5) is 11.4 Å². The Morgan fingerprint density at radius 3 is 2.26 bits per heavy atom. The van der Waals surface area contributed by atoms with Crippen LogP contribution in [0.2, 0.25) is 5.02 Å². The molecule has 9 nitrogen and oxygen atoms in total. The summed E-state index contributed by atoms with van der Waals surface area (Å²) < 4.78 is 33.5. The lowest BCUT2D eigenvalue weighted by molar-refractivity contribution is -0.119. The number of nitrogens with one attached hydrogen (secondary N) is 2. The highest BCUT2D eigenvalue weighted by Crippen LogP contribution is 2.26. The van der Waals surface area contributed by atoms with Crippen LogP contribution in [0.15, 0.2) is 113 Å². The van der Waals surface area contributed by atoms with E-state index in [0.717, 1.165) is 9.87 Å². The van der Waals surface area contributed by atoms with Gasteiger partial charge in [0.25, 0.3) is 21.8 Å². The predicted molar refractivity (Wildman–Crippen MR) is 169 cm³/mol. The number of halogens is 1. The zero-order valence-electron chi connectivity index (χ0n) is 23.6. The summed E-state index contributed by atoms with van der Waals surface area (Å²) >= 11 is 5.93. The Morgan fingerprint density at radius 2 is 1.60 bits per heavy atom. The molecule has 2 amide bonds. The number of sulfonamides is 1. The molecular formula is C32H31ClN4O5S. The molecule has 222 valence electrons. The first kappa shape index (κ1) is 31.3. The zero-order chi connectivity index (χ0) is 30.8. The Bertz CT molecular complexity index is 1680. The highest BCUT2D eigenvalue weighted by Gasteiger charge is 2.27. The van der Waals surface area contributed by atoms with Gasteiger partial charge >= 0.3 is 0 Å². The third-order valence-electron chi connectivity index (χ3n) is 6.23. The van der Waals surface area contributed by atoms with E-state index < -0.39 is 22.5 Å². The minimum absolute atomic E-state index is 0.0727. The molecule has 0 heterocycles. The molecule has 0 fully saturated rings. The lowest BCUT2D eigenvalue weighted by Crippen LogP contribution is -2.39. The van der Waals surface area contributed by atoms with E-state index in [1.807, 2.05) is 26.0 Å². The van der Waals surface area contributed by atoms with E-state index in [1.165, 1.54) is 18.3 Å². The molecular weight excluding hydrogens is 588 g/mol. The predicted octanol–water partition coefficient (Wildman–Crippen LogP) is 5.83. The quantitative estimate of drug-likeness (QED) is 0.153. The molecule has 2 N–H and O–H groups in total. The molecule has 0 unspecified atom stereocenters. The van der Waals surface area contributed by atoms with Gasteiger partial charge in [0, 0.05) is 10.7 Å². The molecule has 4 rings (SSSR count). The van der Waals surface area contributed by atoms with Crippen molar-refractivity contribution >= 4 is 51.0 Å². The molecule has 11 heteroatoms. The summed E-state index contributed by atoms with van der Waals surface area (Å²) in [6, 6.07) is 28.5. The minimum Gasteiger partial charge on any atom is -0.484 e. The summed E-state index contributed by atoms with van der Waals surface area (Å²) in [5, 5.41) is 7.19. The van der Waals surface area contributed by atoms with Crippen molar-refractivity contribution in [3.05, 3.63) is 119 Å². The monoisotopic (exact) mass is 618 g/mol. The molecule has 4 aromatic rings. The molecule has 0 saturated heterocycles. The highest BCUT2D eigenvalue weighted by atomic mass is 35.5. The van der Waals surface area contributed by atoms with Crippen molar-refractivity contribution in [3.63, 3.8) is 0 Å². The largest absolute Gasteiger partial charge is 0.484 e. The Hall–Kier alpha value is -4.67. The van der Waals surface area contributed by atoms with Crippen LogP contribution in [0.5, 0.6) is 5.75 Å². The number of rotatable bonds is 12. The molecule has 0 radical (unpaired) electrons. The van der Waals surface area contributed by atoms with E-state index in [9.17, 15) is 18.0 Å². The number of ether oxygens (including phenoxy) is 1. The summed E-state index contributed by atoms with van der Waals surface area (Å²) in [5.41, 5.74) is 5.03. The second kappa shape index (κ2) is 14.5. The fourth-order valence-corrected chi connectivity index (χ4v) is 5.60. The number of carbonyl (C=O) groups is 2. The van der Waals surface area contributed by atoms with Crippen LogP contribution in [-0.4, -0.2) is 39.6 Å². The molecule has 0 aliphatic carbocycles. The summed E-state index contributed by atoms with van der Waals surface area (Å²) in [6.07, 6.45) is 1.42. The van der Waals surface area contributed by atoms with Gasteiger partial charge in [0.1, 0.15) is 12.3 Å². The third kappa shape index (κ3) is 8.91. The van der Waals surface area contributed by atoms with Gasteiger partial charge in [0.2, 0.25) is 0 Å². The number of carbonyl (C=O) groups excluding carboxylic acids is 2. The molecule has 43 heavy (non-hydrogen) atoms. The van der Waals surface area contributed by atoms with Gasteiger partial charge in [-0.05, 0) is 83.8 Å². The van der Waals surface area contributed by atoms with Crippen molar-refractivity contribution in [2.45, 2.75) is 24.7 Å². The van der Waals surface area contributed by atoms with Gasteiger partial charge in [-0.1, -0.05) is 61.8 Å². The molecule has 4 aromatic carbocycles. The van der Waals surface area contributed by atoms with E-state index in [-0.39, 0.29) is 23.3 Å². The SMILES string of the molecule is CC(C)c1ccc(N(CC(=O)N/N=C\c2ccc(OCC(=O)Nc3cccc(Cl)c3)cc2)S(=O)(=O)c2ccccc2)cc1. The fraction of sp³-hybridized carbons (Fsp3) is 0.156. The average molecular weight is 619 g/mol. The molecule has 0 saturated carbocycles. The van der Waals surface area contributed by atoms with Crippen molar-refractivity contribution in [2.24, 2.45) is 5.10 Å². The van der Waals surface area contributed by atoms with Crippen molar-refractivity contribution in [3.8, 4) is 5.75 Å². The van der Waals surface area contributed by atoms with Crippen LogP contribution in [0.3, 0.4) is 0 Å². The summed E-state index contributed by atoms with van der Waals surface area (Å²) in [5.74, 6) is -0.220. The van der Waals surface area contributed by atoms with Gasteiger partial charge < -0.3 is 10.1 Å². The number of anilines is 2. The fourth-order valence-electron chi connectivity index (χ4n) is 3.97. The Balaban J connectivity index is 1.36. The second-order valence-corrected chi connectivity index (χ2v) is 12.1. The van der Waals surface area contributed by atoms with Crippen LogP contribution in [0, 0.1) is 0 Å². The highest BCUT2D eigenvalue weighted by molar-refractivity contribution is 7.92. The van der Waals surface area contributed by atoms with Crippen molar-refractivity contribution in [1.29, 1.82) is 0 Å². The summed E-state index contributed by atoms with van der Waals surface area (Å²) in [4.78, 5) is 25.0. The second-order valence-electron chi connectivity index (χ2n) is 9.78. The summed E-state index contributed by atoms with van der Waals surface area (Å²) in [6.45, 7) is 3.42. The van der Waals surface area contributed by atoms with Gasteiger partial charge in [0.05, 0.1) is 16.8 Å². The molecule has 0 bridgehead atoms. The van der Waals surface area contributed by atoms with Gasteiger partial charge in [-0.15, -0.1) is 0 Å². The number of hydrogen-bond acceptors (Lipinski definition) is 6. The van der Waals surface area contributed by atoms with E-state index in [2.05, 4.69) is 15.8 Å². The molecule has 0 aliphatic rings. The van der Waals surface area contributed by atoms with Crippen LogP contribution < -0.4 is 19.8 Å². The van der Waals surface area contributed by atoms with Crippen LogP contribution in [0.25, 0.3) is 0 Å². The standard InChI is InChI=1S/C32H31ClN4O5S/c1-23(2)25-13-15-28(16-14-25)37(43(40,41)30-9-4-3-5-10-30)21-31(38)36-34-20-24-11-17-29(18-12-24)42-22-32(39)35-27-8-6-7-26(33)19-27/h3-20,23H,21-22H2,1-2H3,(H,35,39)(H,36,38)/b34-20-. The summed E-state index contributed by atoms with van der Waals surface area (Å²) in [7, 11) is -4.02. The van der Waals surface area contributed by atoms with Gasteiger partial charge in [-0.25, -0.2) is 13.8 Å². The minimum atomic E-state index is -4.02. The zero-order valence-corrected chi connectivity index (χ0v) is 25.2. The maximum Gasteiger partial charge on any atom is 0.264 e. The topological polar surface area (TPSA) is 117 Å². The van der Waals surface area contributed by atoms with Crippen molar-refractivity contribution < 1.29 is 22.7 Å². The number of benzene rings is 4. The molecule has 0 spiro atoms. The van der Waals surface area contributed by atoms with E-state index in [4.69, 9.17) is 16.3 Å². The normalized spacial score (nSPS) is 11.3. The smallest absolute Gasteiger partial charge is 0.264 e. The lowest BCUT2D eigenvalue weighted by atomic mass is 10.0. The van der Waals surface area contributed by atoms with Crippen LogP contribution in [-0.2, 0) is 19.6 Å². The number of nitrogens with zero attached hydrogens (tertiary/aromatic N) is 2. The van der Waals surface area contributed by atoms with Crippen LogP contribution >= 0.6 is 11.6 Å². The average Bonchev–Trinajstić information content (AvgIpc) is 3.00. The Kier molecular flexibility index (Phi) is 10.5. The Morgan fingerprint density at radius 1 is 0.907 bits per heavy atom. The number of hydrazone groups is 1. The van der Waals surface area contributed by atoms with Gasteiger partial charge in [-0.3, -0.25) is 13.9 Å². The number of hydrogen-bond donors (Lipinski definition) is 2. The maximum absolute atomic E-state index is 13.5. The van der Waals surface area contributed by atoms with Crippen molar-refractivity contribution in [1.82, 2.24) is 5.43 Å². The van der Waals surface area contributed by atoms with Crippen molar-refractivity contribution in [2.75, 3.05) is 22.8 Å². The third-order valence-corrected chi connectivity index (χ3v) is 8.25. The van der Waals surface area contributed by atoms with E-state index in [0.29, 0.717) is 27.7 Å². The molecule has 0 atom stereocenters. The van der Waals surface area contributed by atoms with Gasteiger partial charge in [0.15, 0.2) is 6.61 Å². The lowest BCUT2D eigenvalue weighted by Gasteiger charge is -2.24. The maximum atomic E-state index is 13.5. The first-order chi connectivity index (χ1) is 20.6.